The molecule has 0 spiro atoms. The molecule has 1 heterocycles. The molecule has 0 bridgehead atoms. The van der Waals surface area contributed by atoms with Crippen molar-refractivity contribution in [1.82, 2.24) is 0 Å². The fraction of sp³-hybridized carbons (Fsp3) is 1.00. The first-order valence-electron chi connectivity index (χ1n) is 3.78. The Bertz CT molecular complexity index is 137. The summed E-state index contributed by atoms with van der Waals surface area (Å²) in [6, 6.07) is 0. The summed E-state index contributed by atoms with van der Waals surface area (Å²) in [7, 11) is 1.34. The fourth-order valence-corrected chi connectivity index (χ4v) is 1.28. The van der Waals surface area contributed by atoms with Gasteiger partial charge < -0.3 is 19.7 Å². The van der Waals surface area contributed by atoms with Crippen molar-refractivity contribution < 1.29 is 24.8 Å². The van der Waals surface area contributed by atoms with Gasteiger partial charge in [0.25, 0.3) is 0 Å². The van der Waals surface area contributed by atoms with Crippen molar-refractivity contribution in [2.45, 2.75) is 37.6 Å². The van der Waals surface area contributed by atoms with Crippen molar-refractivity contribution in [3.8, 4) is 0 Å². The number of hydrogen-bond donors (Lipinski definition) is 2. The van der Waals surface area contributed by atoms with Crippen LogP contribution in [0.3, 0.4) is 0 Å². The summed E-state index contributed by atoms with van der Waals surface area (Å²) in [4.78, 5) is 0. The van der Waals surface area contributed by atoms with Gasteiger partial charge in [0.2, 0.25) is 6.29 Å². The van der Waals surface area contributed by atoms with Crippen molar-refractivity contribution in [2.24, 2.45) is 0 Å². The maximum atomic E-state index is 10.9. The van der Waals surface area contributed by atoms with Gasteiger partial charge in [0.1, 0.15) is 18.3 Å². The molecule has 0 aromatic heterocycles. The van der Waals surface area contributed by atoms with Gasteiger partial charge in [0.05, 0.1) is 6.10 Å². The highest BCUT2D eigenvalue weighted by atomic mass is 16.6. The minimum Gasteiger partial charge on any atom is -0.388 e. The van der Waals surface area contributed by atoms with Gasteiger partial charge in [-0.1, -0.05) is 0 Å². The predicted molar refractivity (Wildman–Crippen MR) is 37.8 cm³/mol. The molecular formula is C7H13O5. The molecule has 5 atom stereocenters. The van der Waals surface area contributed by atoms with Crippen molar-refractivity contribution >= 4 is 0 Å². The molecule has 1 aliphatic rings. The van der Waals surface area contributed by atoms with E-state index in [4.69, 9.17) is 9.47 Å². The Morgan fingerprint density at radius 3 is 2.42 bits per heavy atom. The second kappa shape index (κ2) is 3.68. The fourth-order valence-electron chi connectivity index (χ4n) is 1.28. The Labute approximate surface area is 70.5 Å². The van der Waals surface area contributed by atoms with E-state index in [-0.39, 0.29) is 0 Å². The van der Waals surface area contributed by atoms with Crippen LogP contribution in [0.5, 0.6) is 0 Å². The average molecular weight is 177 g/mol. The molecule has 2 N–H and O–H groups in total. The molecule has 0 aliphatic carbocycles. The lowest BCUT2D eigenvalue weighted by Crippen LogP contribution is -2.56. The zero-order chi connectivity index (χ0) is 9.30. The Hall–Kier alpha value is -0.200. The van der Waals surface area contributed by atoms with Gasteiger partial charge >= 0.3 is 0 Å². The third-order valence-electron chi connectivity index (χ3n) is 2.05. The number of aliphatic hydroxyl groups excluding tert-OH is 2. The van der Waals surface area contributed by atoms with Crippen LogP contribution in [-0.4, -0.2) is 48.0 Å². The van der Waals surface area contributed by atoms with Crippen molar-refractivity contribution in [3.63, 3.8) is 0 Å². The number of ether oxygens (including phenoxy) is 2. The summed E-state index contributed by atoms with van der Waals surface area (Å²) in [6.07, 6.45) is -5.23. The zero-order valence-electron chi connectivity index (χ0n) is 7.01. The van der Waals surface area contributed by atoms with Gasteiger partial charge in [-0.05, 0) is 6.92 Å². The maximum Gasteiger partial charge on any atom is 0.220 e. The second-order valence-electron chi connectivity index (χ2n) is 2.89. The normalized spacial score (nSPS) is 49.2. The van der Waals surface area contributed by atoms with Crippen LogP contribution in [0.4, 0.5) is 0 Å². The zero-order valence-corrected chi connectivity index (χ0v) is 7.01. The molecule has 0 aromatic rings. The average Bonchev–Trinajstić information content (AvgIpc) is 2.02. The van der Waals surface area contributed by atoms with Crippen LogP contribution in [-0.2, 0) is 14.6 Å². The summed E-state index contributed by atoms with van der Waals surface area (Å²) < 4.78 is 9.48. The summed E-state index contributed by atoms with van der Waals surface area (Å²) in [5.74, 6) is 0. The lowest BCUT2D eigenvalue weighted by molar-refractivity contribution is -0.299. The highest BCUT2D eigenvalue weighted by molar-refractivity contribution is 4.87. The lowest BCUT2D eigenvalue weighted by Gasteiger charge is -2.37. The molecule has 0 saturated carbocycles. The highest BCUT2D eigenvalue weighted by Gasteiger charge is 2.42. The standard InChI is InChI=1S/C7H13O5/c1-3-4(8)6(11-2)5(9)7(10)12-3/h3-9H,1-2H3/t3-,4+,5-,6+,7?/m1/s1. The first kappa shape index (κ1) is 9.88. The van der Waals surface area contributed by atoms with E-state index in [9.17, 15) is 15.3 Å². The van der Waals surface area contributed by atoms with Crippen molar-refractivity contribution in [1.29, 1.82) is 0 Å². The van der Waals surface area contributed by atoms with Crippen molar-refractivity contribution in [3.05, 3.63) is 0 Å². The third kappa shape index (κ3) is 1.60. The van der Waals surface area contributed by atoms with Crippen LogP contribution >= 0.6 is 0 Å². The van der Waals surface area contributed by atoms with E-state index in [2.05, 4.69) is 0 Å². The summed E-state index contributed by atoms with van der Waals surface area (Å²) in [5.41, 5.74) is 0. The Kier molecular flexibility index (Phi) is 3.03. The van der Waals surface area contributed by atoms with Crippen LogP contribution in [0.15, 0.2) is 0 Å². The van der Waals surface area contributed by atoms with Gasteiger partial charge in [-0.3, -0.25) is 0 Å². The number of aliphatic hydroxyl groups is 2. The molecule has 0 aromatic carbocycles. The summed E-state index contributed by atoms with van der Waals surface area (Å²) >= 11 is 0. The molecule has 1 fully saturated rings. The van der Waals surface area contributed by atoms with E-state index in [1.165, 1.54) is 7.11 Å². The monoisotopic (exact) mass is 177 g/mol. The molecule has 1 saturated heterocycles. The van der Waals surface area contributed by atoms with E-state index in [1.807, 2.05) is 0 Å². The van der Waals surface area contributed by atoms with Crippen LogP contribution in [0, 0.1) is 0 Å². The van der Waals surface area contributed by atoms with E-state index in [0.717, 1.165) is 0 Å². The molecule has 12 heavy (non-hydrogen) atoms. The first-order chi connectivity index (χ1) is 5.57. The minimum atomic E-state index is -1.53. The van der Waals surface area contributed by atoms with Crippen LogP contribution in [0.2, 0.25) is 0 Å². The van der Waals surface area contributed by atoms with Gasteiger partial charge in [-0.2, -0.15) is 5.11 Å². The molecular weight excluding hydrogens is 164 g/mol. The Morgan fingerprint density at radius 2 is 1.92 bits per heavy atom. The second-order valence-corrected chi connectivity index (χ2v) is 2.89. The number of methoxy groups -OCH3 is 1. The number of hydrogen-bond acceptors (Lipinski definition) is 4. The third-order valence-corrected chi connectivity index (χ3v) is 2.05. The van der Waals surface area contributed by atoms with Gasteiger partial charge in [0.15, 0.2) is 0 Å². The quantitative estimate of drug-likeness (QED) is 0.532. The lowest BCUT2D eigenvalue weighted by atomic mass is 10.00. The Balaban J connectivity index is 2.67. The highest BCUT2D eigenvalue weighted by Crippen LogP contribution is 2.21. The molecule has 0 amide bonds. The van der Waals surface area contributed by atoms with Crippen LogP contribution in [0.1, 0.15) is 6.92 Å². The van der Waals surface area contributed by atoms with Gasteiger partial charge in [-0.25, -0.2) is 0 Å². The van der Waals surface area contributed by atoms with Crippen LogP contribution < -0.4 is 0 Å². The maximum absolute atomic E-state index is 10.9. The van der Waals surface area contributed by atoms with E-state index >= 15 is 0 Å². The van der Waals surface area contributed by atoms with Gasteiger partial charge in [-0.15, -0.1) is 0 Å². The molecule has 1 radical (unpaired) electrons. The molecule has 1 aliphatic heterocycles. The number of rotatable bonds is 1. The smallest absolute Gasteiger partial charge is 0.220 e. The summed E-state index contributed by atoms with van der Waals surface area (Å²) in [6.45, 7) is 1.56. The molecule has 1 rings (SSSR count). The predicted octanol–water partition coefficient (Wildman–Crippen LogP) is -1.10. The van der Waals surface area contributed by atoms with E-state index in [1.54, 1.807) is 6.92 Å². The van der Waals surface area contributed by atoms with E-state index in [0.29, 0.717) is 0 Å². The van der Waals surface area contributed by atoms with Crippen LogP contribution in [0.25, 0.3) is 0 Å². The molecule has 1 unspecified atom stereocenters. The molecule has 5 nitrogen and oxygen atoms in total. The molecule has 71 valence electrons. The van der Waals surface area contributed by atoms with Gasteiger partial charge in [0, 0.05) is 7.11 Å². The topological polar surface area (TPSA) is 78.8 Å². The van der Waals surface area contributed by atoms with Crippen molar-refractivity contribution in [2.75, 3.05) is 7.11 Å². The SMILES string of the molecule is CO[C@H]1[C@@H](O)[C@@H](C)OC([O])[C@@H]1O. The molecule has 5 heteroatoms. The largest absolute Gasteiger partial charge is 0.388 e. The van der Waals surface area contributed by atoms with E-state index < -0.39 is 30.7 Å². The summed E-state index contributed by atoms with van der Waals surface area (Å²) in [5, 5.41) is 29.5. The first-order valence-corrected chi connectivity index (χ1v) is 3.78. The minimum absolute atomic E-state index is 0.596. The Morgan fingerprint density at radius 1 is 1.33 bits per heavy atom.